The summed E-state index contributed by atoms with van der Waals surface area (Å²) in [4.78, 5) is 13.8. The minimum atomic E-state index is -3.27. The first-order valence-corrected chi connectivity index (χ1v) is 8.19. The molecule has 1 saturated heterocycles. The van der Waals surface area contributed by atoms with Crippen molar-refractivity contribution in [3.8, 4) is 0 Å². The zero-order valence-corrected chi connectivity index (χ0v) is 12.4. The number of hydrogen-bond donors (Lipinski definition) is 0. The van der Waals surface area contributed by atoms with Crippen LogP contribution >= 0.6 is 0 Å². The van der Waals surface area contributed by atoms with Crippen LogP contribution in [0.5, 0.6) is 0 Å². The molecule has 1 aliphatic heterocycles. The predicted octanol–water partition coefficient (Wildman–Crippen LogP) is 0.916. The van der Waals surface area contributed by atoms with Crippen molar-refractivity contribution in [2.75, 3.05) is 32.4 Å². The maximum Gasteiger partial charge on any atom is 0.237 e. The summed E-state index contributed by atoms with van der Waals surface area (Å²) in [6.45, 7) is 5.47. The first-order valence-electron chi connectivity index (χ1n) is 6.58. The lowest BCUT2D eigenvalue weighted by Gasteiger charge is -2.31. The van der Waals surface area contributed by atoms with Crippen molar-refractivity contribution >= 4 is 15.9 Å². The average molecular weight is 276 g/mol. The van der Waals surface area contributed by atoms with Gasteiger partial charge in [-0.25, -0.2) is 8.42 Å². The van der Waals surface area contributed by atoms with Gasteiger partial charge >= 0.3 is 0 Å². The lowest BCUT2D eigenvalue weighted by atomic mass is 9.99. The molecule has 0 atom stereocenters. The molecular weight excluding hydrogens is 252 g/mol. The summed E-state index contributed by atoms with van der Waals surface area (Å²) in [5.74, 6) is 0.688. The van der Waals surface area contributed by atoms with Crippen LogP contribution in [0, 0.1) is 5.92 Å². The van der Waals surface area contributed by atoms with E-state index < -0.39 is 10.0 Å². The molecule has 0 saturated carbocycles. The zero-order chi connectivity index (χ0) is 13.8. The fourth-order valence-corrected chi connectivity index (χ4v) is 3.20. The molecule has 106 valence electrons. The van der Waals surface area contributed by atoms with Crippen molar-refractivity contribution in [2.24, 2.45) is 5.92 Å². The summed E-state index contributed by atoms with van der Waals surface area (Å²) in [7, 11) is -1.79. The first-order chi connectivity index (χ1) is 8.36. The number of nitrogens with zero attached hydrogens (tertiary/aromatic N) is 2. The highest BCUT2D eigenvalue weighted by Crippen LogP contribution is 2.16. The van der Waals surface area contributed by atoms with Gasteiger partial charge in [-0.1, -0.05) is 13.8 Å². The van der Waals surface area contributed by atoms with E-state index >= 15 is 0 Å². The molecule has 6 heteroatoms. The van der Waals surface area contributed by atoms with E-state index in [1.807, 2.05) is 6.92 Å². The summed E-state index contributed by atoms with van der Waals surface area (Å²) in [6.07, 6.45) is 2.59. The average Bonchev–Trinajstić information content (AvgIpc) is 2.29. The fourth-order valence-electron chi connectivity index (χ4n) is 2.06. The summed E-state index contributed by atoms with van der Waals surface area (Å²) in [6, 6.07) is 0. The molecular formula is C12H24N2O3S. The number of sulfonamides is 1. The molecule has 0 spiro atoms. The van der Waals surface area contributed by atoms with Gasteiger partial charge in [0.15, 0.2) is 0 Å². The molecule has 18 heavy (non-hydrogen) atoms. The Hall–Kier alpha value is -0.620. The van der Waals surface area contributed by atoms with Gasteiger partial charge in [-0.3, -0.25) is 4.79 Å². The van der Waals surface area contributed by atoms with Crippen LogP contribution in [0.2, 0.25) is 0 Å². The van der Waals surface area contributed by atoms with Gasteiger partial charge in [0.25, 0.3) is 0 Å². The van der Waals surface area contributed by atoms with E-state index in [1.165, 1.54) is 11.4 Å². The van der Waals surface area contributed by atoms with Crippen molar-refractivity contribution in [3.63, 3.8) is 0 Å². The predicted molar refractivity (Wildman–Crippen MR) is 71.7 cm³/mol. The van der Waals surface area contributed by atoms with Gasteiger partial charge in [0.1, 0.15) is 0 Å². The molecule has 1 aliphatic rings. The smallest absolute Gasteiger partial charge is 0.237 e. The minimum Gasteiger partial charge on any atom is -0.342 e. The number of likely N-dealkylation sites (N-methyl/N-ethyl adjacent to an activating group) is 1. The van der Waals surface area contributed by atoms with Crippen LogP contribution in [0.25, 0.3) is 0 Å². The van der Waals surface area contributed by atoms with Crippen LogP contribution in [0.15, 0.2) is 0 Å². The molecule has 0 radical (unpaired) electrons. The van der Waals surface area contributed by atoms with Crippen molar-refractivity contribution in [1.29, 1.82) is 0 Å². The Labute approximate surface area is 110 Å². The Kier molecular flexibility index (Phi) is 5.59. The molecule has 0 aliphatic carbocycles. The Morgan fingerprint density at radius 1 is 1.33 bits per heavy atom. The molecule has 0 N–H and O–H groups in total. The molecule has 1 amide bonds. The van der Waals surface area contributed by atoms with Crippen molar-refractivity contribution < 1.29 is 13.2 Å². The van der Waals surface area contributed by atoms with Crippen LogP contribution in [0.3, 0.4) is 0 Å². The number of hydrogen-bond acceptors (Lipinski definition) is 3. The summed E-state index contributed by atoms with van der Waals surface area (Å²) in [5.41, 5.74) is 0. The second-order valence-electron chi connectivity index (χ2n) is 5.14. The number of carbonyl (C=O) groups excluding carboxylic acids is 1. The van der Waals surface area contributed by atoms with E-state index in [9.17, 15) is 13.2 Å². The van der Waals surface area contributed by atoms with E-state index in [1.54, 1.807) is 4.90 Å². The highest BCUT2D eigenvalue weighted by Gasteiger charge is 2.24. The molecule has 5 nitrogen and oxygen atoms in total. The fraction of sp³-hybridized carbons (Fsp3) is 0.917. The highest BCUT2D eigenvalue weighted by atomic mass is 32.2. The molecule has 0 aromatic heterocycles. The van der Waals surface area contributed by atoms with E-state index in [2.05, 4.69) is 6.92 Å². The van der Waals surface area contributed by atoms with Gasteiger partial charge in [0.2, 0.25) is 15.9 Å². The lowest BCUT2D eigenvalue weighted by molar-refractivity contribution is -0.132. The van der Waals surface area contributed by atoms with Gasteiger partial charge in [-0.05, 0) is 25.2 Å². The van der Waals surface area contributed by atoms with E-state index in [4.69, 9.17) is 0 Å². The van der Waals surface area contributed by atoms with Crippen molar-refractivity contribution in [1.82, 2.24) is 9.21 Å². The number of piperidine rings is 1. The van der Waals surface area contributed by atoms with Crippen LogP contribution in [0.4, 0.5) is 0 Å². The maximum atomic E-state index is 12.0. The first kappa shape index (κ1) is 15.4. The minimum absolute atomic E-state index is 0.0310. The largest absolute Gasteiger partial charge is 0.342 e. The van der Waals surface area contributed by atoms with E-state index in [-0.39, 0.29) is 18.2 Å². The van der Waals surface area contributed by atoms with E-state index in [0.717, 1.165) is 25.9 Å². The topological polar surface area (TPSA) is 57.7 Å². The Balaban J connectivity index is 2.49. The van der Waals surface area contributed by atoms with Gasteiger partial charge < -0.3 is 4.90 Å². The van der Waals surface area contributed by atoms with Crippen molar-refractivity contribution in [3.05, 3.63) is 0 Å². The molecule has 1 rings (SSSR count). The lowest BCUT2D eigenvalue weighted by Crippen LogP contribution is -2.44. The van der Waals surface area contributed by atoms with Gasteiger partial charge in [0, 0.05) is 20.1 Å². The Morgan fingerprint density at radius 2 is 1.89 bits per heavy atom. The number of rotatable bonds is 5. The molecule has 0 unspecified atom stereocenters. The van der Waals surface area contributed by atoms with Crippen LogP contribution < -0.4 is 0 Å². The molecule has 0 aromatic carbocycles. The SMILES string of the molecule is CCCS(=O)(=O)N(C)CC(=O)N1CCC(C)CC1. The molecule has 0 aromatic rings. The monoisotopic (exact) mass is 276 g/mol. The van der Waals surface area contributed by atoms with Crippen molar-refractivity contribution in [2.45, 2.75) is 33.1 Å². The third-order valence-electron chi connectivity index (χ3n) is 3.43. The normalized spacial score (nSPS) is 18.3. The van der Waals surface area contributed by atoms with E-state index in [0.29, 0.717) is 12.3 Å². The Bertz CT molecular complexity index is 373. The second kappa shape index (κ2) is 6.52. The quantitative estimate of drug-likeness (QED) is 0.750. The summed E-state index contributed by atoms with van der Waals surface area (Å²) < 4.78 is 24.7. The zero-order valence-electron chi connectivity index (χ0n) is 11.6. The van der Waals surface area contributed by atoms with Gasteiger partial charge in [-0.2, -0.15) is 4.31 Å². The van der Waals surface area contributed by atoms with Crippen LogP contribution in [-0.2, 0) is 14.8 Å². The Morgan fingerprint density at radius 3 is 2.39 bits per heavy atom. The molecule has 0 bridgehead atoms. The third-order valence-corrected chi connectivity index (χ3v) is 5.43. The van der Waals surface area contributed by atoms with Gasteiger partial charge in [-0.15, -0.1) is 0 Å². The van der Waals surface area contributed by atoms with Crippen LogP contribution in [-0.4, -0.2) is 56.0 Å². The highest BCUT2D eigenvalue weighted by molar-refractivity contribution is 7.89. The second-order valence-corrected chi connectivity index (χ2v) is 7.33. The van der Waals surface area contributed by atoms with Crippen LogP contribution in [0.1, 0.15) is 33.1 Å². The number of carbonyl (C=O) groups is 1. The molecule has 1 heterocycles. The summed E-state index contributed by atoms with van der Waals surface area (Å²) >= 11 is 0. The van der Waals surface area contributed by atoms with Gasteiger partial charge in [0.05, 0.1) is 12.3 Å². The number of amides is 1. The third kappa shape index (κ3) is 4.24. The molecule has 1 fully saturated rings. The number of likely N-dealkylation sites (tertiary alicyclic amines) is 1. The standard InChI is InChI=1S/C12H24N2O3S/c1-4-9-18(16,17)13(3)10-12(15)14-7-5-11(2)6-8-14/h11H,4-10H2,1-3H3. The maximum absolute atomic E-state index is 12.0. The summed E-state index contributed by atoms with van der Waals surface area (Å²) in [5, 5.41) is 0.